The lowest BCUT2D eigenvalue weighted by Gasteiger charge is -2.17. The number of ether oxygens (including phenoxy) is 1. The van der Waals surface area contributed by atoms with Gasteiger partial charge in [-0.05, 0) is 44.9 Å². The zero-order valence-electron chi connectivity index (χ0n) is 10.6. The Hall–Kier alpha value is -1.02. The third kappa shape index (κ3) is 1.82. The summed E-state index contributed by atoms with van der Waals surface area (Å²) >= 11 is 0. The van der Waals surface area contributed by atoms with E-state index in [0.717, 1.165) is 18.7 Å². The highest BCUT2D eigenvalue weighted by Gasteiger charge is 2.32. The van der Waals surface area contributed by atoms with Gasteiger partial charge in [0, 0.05) is 5.56 Å². The van der Waals surface area contributed by atoms with Crippen LogP contribution in [0.3, 0.4) is 0 Å². The molecule has 0 amide bonds. The SMILES string of the molecule is CCCNC1c2c(C)ccc(C)c2OC1C. The van der Waals surface area contributed by atoms with E-state index < -0.39 is 0 Å². The monoisotopic (exact) mass is 219 g/mol. The average Bonchev–Trinajstić information content (AvgIpc) is 2.59. The summed E-state index contributed by atoms with van der Waals surface area (Å²) < 4.78 is 5.97. The number of hydrogen-bond donors (Lipinski definition) is 1. The van der Waals surface area contributed by atoms with Crippen LogP contribution in [0.2, 0.25) is 0 Å². The molecule has 2 rings (SSSR count). The summed E-state index contributed by atoms with van der Waals surface area (Å²) in [6.07, 6.45) is 1.39. The topological polar surface area (TPSA) is 21.3 Å². The second-order valence-electron chi connectivity index (χ2n) is 4.70. The Labute approximate surface area is 98.0 Å². The molecule has 2 nitrogen and oxygen atoms in total. The molecule has 1 aromatic carbocycles. The minimum Gasteiger partial charge on any atom is -0.488 e. The van der Waals surface area contributed by atoms with Crippen LogP contribution in [0.15, 0.2) is 12.1 Å². The second kappa shape index (κ2) is 4.46. The van der Waals surface area contributed by atoms with E-state index in [1.807, 2.05) is 0 Å². The zero-order valence-corrected chi connectivity index (χ0v) is 10.6. The Morgan fingerprint density at radius 2 is 1.94 bits per heavy atom. The normalized spacial score (nSPS) is 23.0. The standard InChI is InChI=1S/C14H21NO/c1-5-8-15-13-11(4)16-14-10(3)7-6-9(2)12(13)14/h6-7,11,13,15H,5,8H2,1-4H3. The fourth-order valence-electron chi connectivity index (χ4n) is 2.41. The molecular formula is C14H21NO. The van der Waals surface area contributed by atoms with Gasteiger partial charge < -0.3 is 10.1 Å². The summed E-state index contributed by atoms with van der Waals surface area (Å²) in [6.45, 7) is 9.67. The third-order valence-corrected chi connectivity index (χ3v) is 3.31. The van der Waals surface area contributed by atoms with Crippen molar-refractivity contribution in [2.24, 2.45) is 0 Å². The minimum atomic E-state index is 0.237. The van der Waals surface area contributed by atoms with Gasteiger partial charge in [0.25, 0.3) is 0 Å². The van der Waals surface area contributed by atoms with Gasteiger partial charge in [0.2, 0.25) is 0 Å². The largest absolute Gasteiger partial charge is 0.488 e. The maximum Gasteiger partial charge on any atom is 0.127 e. The first-order valence-electron chi connectivity index (χ1n) is 6.15. The molecular weight excluding hydrogens is 198 g/mol. The molecule has 0 saturated heterocycles. The van der Waals surface area contributed by atoms with Crippen LogP contribution < -0.4 is 10.1 Å². The van der Waals surface area contributed by atoms with E-state index in [1.54, 1.807) is 0 Å². The number of aryl methyl sites for hydroxylation is 2. The van der Waals surface area contributed by atoms with E-state index >= 15 is 0 Å². The molecule has 0 saturated carbocycles. The Kier molecular flexibility index (Phi) is 3.20. The first-order valence-corrected chi connectivity index (χ1v) is 6.15. The van der Waals surface area contributed by atoms with Gasteiger partial charge in [0.1, 0.15) is 11.9 Å². The molecule has 2 unspecified atom stereocenters. The van der Waals surface area contributed by atoms with Crippen molar-refractivity contribution in [3.63, 3.8) is 0 Å². The smallest absolute Gasteiger partial charge is 0.127 e. The number of rotatable bonds is 3. The second-order valence-corrected chi connectivity index (χ2v) is 4.70. The highest BCUT2D eigenvalue weighted by atomic mass is 16.5. The quantitative estimate of drug-likeness (QED) is 0.843. The predicted octanol–water partition coefficient (Wildman–Crippen LogP) is 3.13. The van der Waals surface area contributed by atoms with Crippen molar-refractivity contribution in [3.8, 4) is 5.75 Å². The van der Waals surface area contributed by atoms with Crippen LogP contribution >= 0.6 is 0 Å². The van der Waals surface area contributed by atoms with Crippen LogP contribution in [0, 0.1) is 13.8 Å². The minimum absolute atomic E-state index is 0.237. The molecule has 16 heavy (non-hydrogen) atoms. The lowest BCUT2D eigenvalue weighted by atomic mass is 9.97. The molecule has 0 aliphatic carbocycles. The van der Waals surface area contributed by atoms with Crippen LogP contribution in [-0.2, 0) is 0 Å². The summed E-state index contributed by atoms with van der Waals surface area (Å²) in [6, 6.07) is 4.69. The van der Waals surface area contributed by atoms with Gasteiger partial charge in [-0.15, -0.1) is 0 Å². The molecule has 2 atom stereocenters. The summed E-state index contributed by atoms with van der Waals surface area (Å²) in [7, 11) is 0. The molecule has 0 aromatic heterocycles. The Morgan fingerprint density at radius 1 is 1.25 bits per heavy atom. The van der Waals surface area contributed by atoms with Crippen molar-refractivity contribution in [1.29, 1.82) is 0 Å². The highest BCUT2D eigenvalue weighted by Crippen LogP contribution is 2.40. The molecule has 0 bridgehead atoms. The van der Waals surface area contributed by atoms with Crippen molar-refractivity contribution in [2.75, 3.05) is 6.54 Å². The maximum atomic E-state index is 5.97. The van der Waals surface area contributed by atoms with E-state index in [9.17, 15) is 0 Å². The van der Waals surface area contributed by atoms with Crippen molar-refractivity contribution in [3.05, 3.63) is 28.8 Å². The first-order chi connectivity index (χ1) is 7.65. The molecule has 1 N–H and O–H groups in total. The summed E-state index contributed by atoms with van der Waals surface area (Å²) in [5.74, 6) is 1.10. The molecule has 0 fully saturated rings. The van der Waals surface area contributed by atoms with E-state index in [0.29, 0.717) is 6.04 Å². The molecule has 2 heteroatoms. The van der Waals surface area contributed by atoms with E-state index in [-0.39, 0.29) is 6.10 Å². The van der Waals surface area contributed by atoms with Gasteiger partial charge in [-0.25, -0.2) is 0 Å². The van der Waals surface area contributed by atoms with Crippen LogP contribution in [0.5, 0.6) is 5.75 Å². The molecule has 1 aromatic rings. The van der Waals surface area contributed by atoms with Crippen LogP contribution in [0.4, 0.5) is 0 Å². The molecule has 0 radical (unpaired) electrons. The molecule has 1 heterocycles. The van der Waals surface area contributed by atoms with Crippen molar-refractivity contribution < 1.29 is 4.74 Å². The number of nitrogens with one attached hydrogen (secondary N) is 1. The van der Waals surface area contributed by atoms with Gasteiger partial charge in [0.05, 0.1) is 6.04 Å². The van der Waals surface area contributed by atoms with Crippen molar-refractivity contribution >= 4 is 0 Å². The molecule has 1 aliphatic rings. The number of fused-ring (bicyclic) bond motifs is 1. The molecule has 0 spiro atoms. The molecule has 1 aliphatic heterocycles. The first kappa shape index (κ1) is 11.5. The lowest BCUT2D eigenvalue weighted by Crippen LogP contribution is -2.29. The third-order valence-electron chi connectivity index (χ3n) is 3.31. The van der Waals surface area contributed by atoms with Gasteiger partial charge >= 0.3 is 0 Å². The molecule has 88 valence electrons. The lowest BCUT2D eigenvalue weighted by molar-refractivity contribution is 0.209. The van der Waals surface area contributed by atoms with Crippen molar-refractivity contribution in [2.45, 2.75) is 46.3 Å². The van der Waals surface area contributed by atoms with Gasteiger partial charge in [0.15, 0.2) is 0 Å². The predicted molar refractivity (Wildman–Crippen MR) is 67.0 cm³/mol. The Bertz CT molecular complexity index is 387. The van der Waals surface area contributed by atoms with Crippen molar-refractivity contribution in [1.82, 2.24) is 5.32 Å². The van der Waals surface area contributed by atoms with Crippen LogP contribution in [0.25, 0.3) is 0 Å². The number of benzene rings is 1. The van der Waals surface area contributed by atoms with E-state index in [2.05, 4.69) is 45.1 Å². The maximum absolute atomic E-state index is 5.97. The Morgan fingerprint density at radius 3 is 2.62 bits per heavy atom. The van der Waals surface area contributed by atoms with Crippen LogP contribution in [0.1, 0.15) is 43.0 Å². The highest BCUT2D eigenvalue weighted by molar-refractivity contribution is 5.50. The zero-order chi connectivity index (χ0) is 11.7. The summed E-state index contributed by atoms with van der Waals surface area (Å²) in [4.78, 5) is 0. The van der Waals surface area contributed by atoms with E-state index in [1.165, 1.54) is 16.7 Å². The summed E-state index contributed by atoms with van der Waals surface area (Å²) in [5, 5.41) is 3.58. The average molecular weight is 219 g/mol. The van der Waals surface area contributed by atoms with Crippen LogP contribution in [-0.4, -0.2) is 12.6 Å². The van der Waals surface area contributed by atoms with Gasteiger partial charge in [-0.2, -0.15) is 0 Å². The van der Waals surface area contributed by atoms with E-state index in [4.69, 9.17) is 4.74 Å². The van der Waals surface area contributed by atoms with Gasteiger partial charge in [-0.1, -0.05) is 19.1 Å². The summed E-state index contributed by atoms with van der Waals surface area (Å²) in [5.41, 5.74) is 3.94. The van der Waals surface area contributed by atoms with Gasteiger partial charge in [-0.3, -0.25) is 0 Å². The number of hydrogen-bond acceptors (Lipinski definition) is 2. The fraction of sp³-hybridized carbons (Fsp3) is 0.571. The Balaban J connectivity index is 2.35. The fourth-order valence-corrected chi connectivity index (χ4v) is 2.41.